The standard InChI is InChI=1S/C22H24F2N8OS/c23-21(24)32-10-14(9-25-32)17-7-16-19(34-17)20(27-18-8-15(29-30-18)13-1-2-13)28-22(26-16)31-5-3-12(11-33)4-6-31/h7-10,12-13,21,33H,1-6,11H2,(H2,26,27,28,29,30). The number of alkyl halides is 2. The van der Waals surface area contributed by atoms with Crippen molar-refractivity contribution in [3.05, 3.63) is 30.2 Å². The smallest absolute Gasteiger partial charge is 0.333 e. The third-order valence-corrected chi connectivity index (χ3v) is 7.64. The molecule has 1 saturated heterocycles. The molecule has 178 valence electrons. The maximum atomic E-state index is 13.0. The molecule has 0 amide bonds. The van der Waals surface area contributed by atoms with Gasteiger partial charge in [0.2, 0.25) is 5.95 Å². The van der Waals surface area contributed by atoms with Crippen molar-refractivity contribution in [2.24, 2.45) is 5.92 Å². The van der Waals surface area contributed by atoms with Gasteiger partial charge in [0.05, 0.1) is 16.4 Å². The molecule has 12 heteroatoms. The van der Waals surface area contributed by atoms with Gasteiger partial charge in [-0.3, -0.25) is 5.10 Å². The van der Waals surface area contributed by atoms with Crippen molar-refractivity contribution in [1.29, 1.82) is 0 Å². The minimum atomic E-state index is -2.69. The number of anilines is 3. The van der Waals surface area contributed by atoms with Crippen molar-refractivity contribution < 1.29 is 13.9 Å². The van der Waals surface area contributed by atoms with Crippen LogP contribution in [0.5, 0.6) is 0 Å². The lowest BCUT2D eigenvalue weighted by molar-refractivity contribution is 0.0566. The first-order valence-corrected chi connectivity index (χ1v) is 12.2. The number of hydrogen-bond acceptors (Lipinski definition) is 8. The number of aromatic amines is 1. The molecule has 0 bridgehead atoms. The van der Waals surface area contributed by atoms with E-state index in [4.69, 9.17) is 9.97 Å². The van der Waals surface area contributed by atoms with Crippen molar-refractivity contribution in [1.82, 2.24) is 29.9 Å². The third kappa shape index (κ3) is 4.11. The Labute approximate surface area is 197 Å². The number of aliphatic hydroxyl groups excluding tert-OH is 1. The highest BCUT2D eigenvalue weighted by Gasteiger charge is 2.26. The van der Waals surface area contributed by atoms with E-state index < -0.39 is 6.55 Å². The van der Waals surface area contributed by atoms with Gasteiger partial charge in [-0.05, 0) is 37.7 Å². The number of aliphatic hydroxyl groups is 1. The minimum Gasteiger partial charge on any atom is -0.396 e. The molecule has 34 heavy (non-hydrogen) atoms. The summed E-state index contributed by atoms with van der Waals surface area (Å²) in [7, 11) is 0. The van der Waals surface area contributed by atoms with E-state index >= 15 is 0 Å². The lowest BCUT2D eigenvalue weighted by atomic mass is 9.98. The first-order chi connectivity index (χ1) is 16.6. The van der Waals surface area contributed by atoms with Crippen LogP contribution in [0.2, 0.25) is 0 Å². The van der Waals surface area contributed by atoms with E-state index in [1.165, 1.54) is 36.6 Å². The van der Waals surface area contributed by atoms with Gasteiger partial charge in [-0.2, -0.15) is 24.0 Å². The summed E-state index contributed by atoms with van der Waals surface area (Å²) >= 11 is 1.43. The number of nitrogens with one attached hydrogen (secondary N) is 2. The second kappa shape index (κ2) is 8.58. The molecule has 0 aromatic carbocycles. The molecular weight excluding hydrogens is 462 g/mol. The highest BCUT2D eigenvalue weighted by Crippen LogP contribution is 2.41. The van der Waals surface area contributed by atoms with Crippen LogP contribution in [0.15, 0.2) is 24.5 Å². The number of piperidine rings is 1. The molecular formula is C22H24F2N8OS. The van der Waals surface area contributed by atoms with Crippen molar-refractivity contribution in [2.45, 2.75) is 38.2 Å². The van der Waals surface area contributed by atoms with Gasteiger partial charge < -0.3 is 15.3 Å². The van der Waals surface area contributed by atoms with Crippen LogP contribution >= 0.6 is 11.3 Å². The number of aromatic nitrogens is 6. The Bertz CT molecular complexity index is 1310. The molecule has 0 unspecified atom stereocenters. The monoisotopic (exact) mass is 486 g/mol. The molecule has 3 N–H and O–H groups in total. The van der Waals surface area contributed by atoms with E-state index in [9.17, 15) is 13.9 Å². The summed E-state index contributed by atoms with van der Waals surface area (Å²) in [4.78, 5) is 12.6. The molecule has 9 nitrogen and oxygen atoms in total. The van der Waals surface area contributed by atoms with E-state index in [-0.39, 0.29) is 6.61 Å². The molecule has 2 fully saturated rings. The van der Waals surface area contributed by atoms with Gasteiger partial charge in [0.15, 0.2) is 11.6 Å². The van der Waals surface area contributed by atoms with Gasteiger partial charge in [0, 0.05) is 54.0 Å². The average Bonchev–Trinajstić information content (AvgIpc) is 3.24. The van der Waals surface area contributed by atoms with Gasteiger partial charge >= 0.3 is 6.55 Å². The van der Waals surface area contributed by atoms with Gasteiger partial charge in [0.1, 0.15) is 0 Å². The Hall–Kier alpha value is -3.12. The minimum absolute atomic E-state index is 0.198. The summed E-state index contributed by atoms with van der Waals surface area (Å²) < 4.78 is 27.5. The summed E-state index contributed by atoms with van der Waals surface area (Å²) in [6, 6.07) is 3.91. The SMILES string of the molecule is OCC1CCN(c2nc(Nc3cc(C4CC4)[nH]n3)c3sc(-c4cnn(C(F)F)c4)cc3n2)CC1. The van der Waals surface area contributed by atoms with Crippen LogP contribution in [0, 0.1) is 5.92 Å². The predicted molar refractivity (Wildman–Crippen MR) is 126 cm³/mol. The summed E-state index contributed by atoms with van der Waals surface area (Å²) in [5.41, 5.74) is 2.46. The Morgan fingerprint density at radius 1 is 1.18 bits per heavy atom. The molecule has 4 aromatic heterocycles. The topological polar surface area (TPSA) is 108 Å². The van der Waals surface area contributed by atoms with Crippen LogP contribution in [-0.2, 0) is 0 Å². The normalized spacial score (nSPS) is 17.2. The third-order valence-electron chi connectivity index (χ3n) is 6.46. The summed E-state index contributed by atoms with van der Waals surface area (Å²) in [5, 5.41) is 24.1. The lowest BCUT2D eigenvalue weighted by Crippen LogP contribution is -2.35. The number of nitrogens with zero attached hydrogens (tertiary/aromatic N) is 6. The maximum Gasteiger partial charge on any atom is 0.333 e. The Morgan fingerprint density at radius 2 is 2.00 bits per heavy atom. The Balaban J connectivity index is 1.37. The summed E-state index contributed by atoms with van der Waals surface area (Å²) in [6.07, 6.45) is 6.89. The lowest BCUT2D eigenvalue weighted by Gasteiger charge is -2.31. The quantitative estimate of drug-likeness (QED) is 0.353. The fraction of sp³-hybridized carbons (Fsp3) is 0.455. The zero-order valence-corrected chi connectivity index (χ0v) is 19.1. The second-order valence-electron chi connectivity index (χ2n) is 8.90. The van der Waals surface area contributed by atoms with Crippen LogP contribution < -0.4 is 10.2 Å². The largest absolute Gasteiger partial charge is 0.396 e. The van der Waals surface area contributed by atoms with Crippen molar-refractivity contribution >= 4 is 39.1 Å². The number of rotatable bonds is 7. The molecule has 1 saturated carbocycles. The maximum absolute atomic E-state index is 13.0. The van der Waals surface area contributed by atoms with E-state index in [1.807, 2.05) is 12.1 Å². The van der Waals surface area contributed by atoms with Crippen LogP contribution in [0.1, 0.15) is 43.8 Å². The van der Waals surface area contributed by atoms with E-state index in [2.05, 4.69) is 25.5 Å². The molecule has 0 spiro atoms. The van der Waals surface area contributed by atoms with Crippen molar-refractivity contribution in [3.8, 4) is 10.4 Å². The fourth-order valence-corrected chi connectivity index (χ4v) is 5.32. The molecule has 0 radical (unpaired) electrons. The first kappa shape index (κ1) is 21.4. The van der Waals surface area contributed by atoms with Gasteiger partial charge in [-0.25, -0.2) is 9.67 Å². The number of hydrogen-bond donors (Lipinski definition) is 3. The number of thiophene rings is 1. The second-order valence-corrected chi connectivity index (χ2v) is 9.96. The molecule has 6 rings (SSSR count). The Kier molecular flexibility index (Phi) is 5.41. The van der Waals surface area contributed by atoms with E-state index in [0.717, 1.165) is 46.7 Å². The molecule has 1 aliphatic heterocycles. The number of fused-ring (bicyclic) bond motifs is 1. The molecule has 0 atom stereocenters. The molecule has 2 aliphatic rings. The van der Waals surface area contributed by atoms with Gasteiger partial charge in [-0.15, -0.1) is 11.3 Å². The molecule has 4 aromatic rings. The highest BCUT2D eigenvalue weighted by atomic mass is 32.1. The van der Waals surface area contributed by atoms with Crippen LogP contribution in [0.25, 0.3) is 20.7 Å². The number of halogens is 2. The summed E-state index contributed by atoms with van der Waals surface area (Å²) in [5.74, 6) is 2.79. The van der Waals surface area contributed by atoms with E-state index in [0.29, 0.717) is 39.7 Å². The zero-order chi connectivity index (χ0) is 23.2. The molecule has 1 aliphatic carbocycles. The average molecular weight is 487 g/mol. The van der Waals surface area contributed by atoms with Crippen LogP contribution in [0.4, 0.5) is 26.4 Å². The molecule has 5 heterocycles. The van der Waals surface area contributed by atoms with Gasteiger partial charge in [0.25, 0.3) is 0 Å². The van der Waals surface area contributed by atoms with E-state index in [1.54, 1.807) is 0 Å². The first-order valence-electron chi connectivity index (χ1n) is 11.4. The Morgan fingerprint density at radius 3 is 2.71 bits per heavy atom. The van der Waals surface area contributed by atoms with Crippen LogP contribution in [-0.4, -0.2) is 54.7 Å². The van der Waals surface area contributed by atoms with Crippen LogP contribution in [0.3, 0.4) is 0 Å². The van der Waals surface area contributed by atoms with Crippen molar-refractivity contribution in [2.75, 3.05) is 29.9 Å². The number of H-pyrrole nitrogens is 1. The van der Waals surface area contributed by atoms with Crippen molar-refractivity contribution in [3.63, 3.8) is 0 Å². The summed E-state index contributed by atoms with van der Waals surface area (Å²) in [6.45, 7) is -0.956. The fourth-order valence-electron chi connectivity index (χ4n) is 4.30. The highest BCUT2D eigenvalue weighted by molar-refractivity contribution is 7.22. The van der Waals surface area contributed by atoms with Gasteiger partial charge in [-0.1, -0.05) is 0 Å². The predicted octanol–water partition coefficient (Wildman–Crippen LogP) is 4.50. The zero-order valence-electron chi connectivity index (χ0n) is 18.3.